The first-order chi connectivity index (χ1) is 7.16. The van der Waals surface area contributed by atoms with Crippen molar-refractivity contribution in [3.8, 4) is 0 Å². The Bertz CT molecular complexity index is 479. The Hall–Kier alpha value is -1.35. The van der Waals surface area contributed by atoms with E-state index in [4.69, 9.17) is 11.6 Å². The van der Waals surface area contributed by atoms with E-state index in [1.54, 1.807) is 18.3 Å². The third-order valence-corrected chi connectivity index (χ3v) is 2.55. The van der Waals surface area contributed by atoms with Crippen LogP contribution in [0.15, 0.2) is 30.5 Å². The van der Waals surface area contributed by atoms with E-state index in [-0.39, 0.29) is 10.8 Å². The summed E-state index contributed by atoms with van der Waals surface area (Å²) < 4.78 is 15.0. The molecule has 2 rings (SSSR count). The number of hydrogen-bond donors (Lipinski definition) is 0. The van der Waals surface area contributed by atoms with E-state index in [0.29, 0.717) is 6.54 Å². The van der Waals surface area contributed by atoms with Crippen molar-refractivity contribution in [2.45, 2.75) is 13.5 Å². The lowest BCUT2D eigenvalue weighted by Crippen LogP contribution is -2.03. The van der Waals surface area contributed by atoms with Crippen molar-refractivity contribution >= 4 is 11.6 Å². The fraction of sp³-hybridized carbons (Fsp3) is 0.182. The molecule has 78 valence electrons. The van der Waals surface area contributed by atoms with Crippen LogP contribution in [0.3, 0.4) is 0 Å². The molecule has 0 fully saturated rings. The molecule has 0 saturated carbocycles. The van der Waals surface area contributed by atoms with Gasteiger partial charge in [-0.1, -0.05) is 17.7 Å². The molecule has 1 heterocycles. The van der Waals surface area contributed by atoms with E-state index >= 15 is 0 Å². The summed E-state index contributed by atoms with van der Waals surface area (Å²) in [6.07, 6.45) is 1.72. The second-order valence-electron chi connectivity index (χ2n) is 3.38. The van der Waals surface area contributed by atoms with Gasteiger partial charge in [0.15, 0.2) is 0 Å². The second kappa shape index (κ2) is 4.03. The molecule has 0 aliphatic heterocycles. The van der Waals surface area contributed by atoms with Crippen molar-refractivity contribution in [3.63, 3.8) is 0 Å². The summed E-state index contributed by atoms with van der Waals surface area (Å²) in [5.74, 6) is -0.390. The van der Waals surface area contributed by atoms with E-state index in [1.807, 2.05) is 17.7 Å². The maximum absolute atomic E-state index is 13.1. The van der Waals surface area contributed by atoms with E-state index < -0.39 is 0 Å². The highest BCUT2D eigenvalue weighted by Crippen LogP contribution is 2.16. The Morgan fingerprint density at radius 2 is 2.20 bits per heavy atom. The van der Waals surface area contributed by atoms with Gasteiger partial charge in [0.2, 0.25) is 0 Å². The highest BCUT2D eigenvalue weighted by atomic mass is 35.5. The molecule has 0 saturated heterocycles. The quantitative estimate of drug-likeness (QED) is 0.767. The average molecular weight is 225 g/mol. The van der Waals surface area contributed by atoms with Gasteiger partial charge in [-0.3, -0.25) is 4.68 Å². The zero-order valence-corrected chi connectivity index (χ0v) is 9.00. The summed E-state index contributed by atoms with van der Waals surface area (Å²) in [5, 5.41) is 4.27. The van der Waals surface area contributed by atoms with E-state index in [0.717, 1.165) is 11.3 Å². The molecule has 0 N–H and O–H groups in total. The van der Waals surface area contributed by atoms with E-state index in [2.05, 4.69) is 5.10 Å². The molecular formula is C11H10ClFN2. The maximum atomic E-state index is 13.1. The van der Waals surface area contributed by atoms with Gasteiger partial charge < -0.3 is 0 Å². The molecule has 0 radical (unpaired) electrons. The minimum atomic E-state index is -0.390. The van der Waals surface area contributed by atoms with Crippen LogP contribution in [-0.2, 0) is 6.54 Å². The van der Waals surface area contributed by atoms with Crippen LogP contribution in [-0.4, -0.2) is 9.78 Å². The summed E-state index contributed by atoms with van der Waals surface area (Å²) in [4.78, 5) is 0. The van der Waals surface area contributed by atoms with Gasteiger partial charge in [-0.25, -0.2) is 4.39 Å². The summed E-state index contributed by atoms with van der Waals surface area (Å²) in [6, 6.07) is 6.70. The number of nitrogens with zero attached hydrogens (tertiary/aromatic N) is 2. The van der Waals surface area contributed by atoms with Crippen molar-refractivity contribution in [2.24, 2.45) is 0 Å². The van der Waals surface area contributed by atoms with Gasteiger partial charge in [0.25, 0.3) is 0 Å². The minimum absolute atomic E-state index is 0.149. The van der Waals surface area contributed by atoms with Crippen LogP contribution in [0.25, 0.3) is 0 Å². The molecule has 2 aromatic rings. The topological polar surface area (TPSA) is 17.8 Å². The van der Waals surface area contributed by atoms with Gasteiger partial charge in [-0.05, 0) is 30.7 Å². The van der Waals surface area contributed by atoms with Gasteiger partial charge in [0.05, 0.1) is 11.6 Å². The summed E-state index contributed by atoms with van der Waals surface area (Å²) in [7, 11) is 0. The molecule has 15 heavy (non-hydrogen) atoms. The van der Waals surface area contributed by atoms with Crippen LogP contribution < -0.4 is 0 Å². The van der Waals surface area contributed by atoms with Crippen LogP contribution in [0.1, 0.15) is 11.3 Å². The first kappa shape index (κ1) is 10.2. The highest BCUT2D eigenvalue weighted by Gasteiger charge is 2.03. The van der Waals surface area contributed by atoms with Crippen molar-refractivity contribution in [3.05, 3.63) is 52.6 Å². The molecule has 4 heteroatoms. The molecule has 0 unspecified atom stereocenters. The first-order valence-corrected chi connectivity index (χ1v) is 4.97. The SMILES string of the molecule is Cc1ccnn1Cc1ccc(Cl)c(F)c1. The summed E-state index contributed by atoms with van der Waals surface area (Å²) >= 11 is 5.60. The molecule has 0 bridgehead atoms. The van der Waals surface area contributed by atoms with Crippen molar-refractivity contribution in [1.82, 2.24) is 9.78 Å². The summed E-state index contributed by atoms with van der Waals surface area (Å²) in [5.41, 5.74) is 1.90. The fourth-order valence-electron chi connectivity index (χ4n) is 1.38. The third-order valence-electron chi connectivity index (χ3n) is 2.25. The molecule has 0 atom stereocenters. The van der Waals surface area contributed by atoms with E-state index in [9.17, 15) is 4.39 Å². The third kappa shape index (κ3) is 2.18. The van der Waals surface area contributed by atoms with Crippen LogP contribution in [0.5, 0.6) is 0 Å². The van der Waals surface area contributed by atoms with Crippen molar-refractivity contribution < 1.29 is 4.39 Å². The van der Waals surface area contributed by atoms with E-state index in [1.165, 1.54) is 6.07 Å². The number of aromatic nitrogens is 2. The standard InChI is InChI=1S/C11H10ClFN2/c1-8-4-5-14-15(8)7-9-2-3-10(12)11(13)6-9/h2-6H,7H2,1H3. The zero-order valence-electron chi connectivity index (χ0n) is 8.24. The molecule has 0 spiro atoms. The number of benzene rings is 1. The van der Waals surface area contributed by atoms with Crippen LogP contribution >= 0.6 is 11.6 Å². The smallest absolute Gasteiger partial charge is 0.142 e. The first-order valence-electron chi connectivity index (χ1n) is 4.59. The molecule has 1 aromatic carbocycles. The van der Waals surface area contributed by atoms with Crippen molar-refractivity contribution in [2.75, 3.05) is 0 Å². The van der Waals surface area contributed by atoms with Gasteiger partial charge in [0, 0.05) is 11.9 Å². The molecular weight excluding hydrogens is 215 g/mol. The number of rotatable bonds is 2. The maximum Gasteiger partial charge on any atom is 0.142 e. The largest absolute Gasteiger partial charge is 0.265 e. The van der Waals surface area contributed by atoms with Gasteiger partial charge in [-0.15, -0.1) is 0 Å². The molecule has 2 nitrogen and oxygen atoms in total. The van der Waals surface area contributed by atoms with Crippen LogP contribution in [0.4, 0.5) is 4.39 Å². The fourth-order valence-corrected chi connectivity index (χ4v) is 1.49. The van der Waals surface area contributed by atoms with Crippen molar-refractivity contribution in [1.29, 1.82) is 0 Å². The normalized spacial score (nSPS) is 10.6. The highest BCUT2D eigenvalue weighted by molar-refractivity contribution is 6.30. The number of hydrogen-bond acceptors (Lipinski definition) is 1. The van der Waals surface area contributed by atoms with Gasteiger partial charge in [-0.2, -0.15) is 5.10 Å². The lowest BCUT2D eigenvalue weighted by molar-refractivity contribution is 0.617. The lowest BCUT2D eigenvalue weighted by atomic mass is 10.2. The molecule has 0 amide bonds. The number of aryl methyl sites for hydroxylation is 1. The Morgan fingerprint density at radius 1 is 1.40 bits per heavy atom. The molecule has 1 aromatic heterocycles. The van der Waals surface area contributed by atoms with Crippen LogP contribution in [0, 0.1) is 12.7 Å². The van der Waals surface area contributed by atoms with Gasteiger partial charge >= 0.3 is 0 Å². The zero-order chi connectivity index (χ0) is 10.8. The Labute approximate surface area is 92.3 Å². The Kier molecular flexibility index (Phi) is 2.73. The average Bonchev–Trinajstić information content (AvgIpc) is 2.59. The number of halogens is 2. The molecule has 0 aliphatic carbocycles. The predicted octanol–water partition coefficient (Wildman–Crippen LogP) is 3.03. The van der Waals surface area contributed by atoms with Gasteiger partial charge in [0.1, 0.15) is 5.82 Å². The Morgan fingerprint density at radius 3 is 2.80 bits per heavy atom. The Balaban J connectivity index is 2.25. The summed E-state index contributed by atoms with van der Waals surface area (Å²) in [6.45, 7) is 2.52. The minimum Gasteiger partial charge on any atom is -0.265 e. The second-order valence-corrected chi connectivity index (χ2v) is 3.79. The molecule has 0 aliphatic rings. The predicted molar refractivity (Wildman–Crippen MR) is 57.5 cm³/mol. The monoisotopic (exact) mass is 224 g/mol. The van der Waals surface area contributed by atoms with Crippen LogP contribution in [0.2, 0.25) is 5.02 Å². The lowest BCUT2D eigenvalue weighted by Gasteiger charge is -2.05.